The minimum absolute atomic E-state index is 0.432. The van der Waals surface area contributed by atoms with Crippen LogP contribution in [0.1, 0.15) is 55.1 Å². The molecule has 258 valence electrons. The highest BCUT2D eigenvalue weighted by Gasteiger charge is 2.47. The van der Waals surface area contributed by atoms with E-state index in [1.165, 1.54) is 44.5 Å². The summed E-state index contributed by atoms with van der Waals surface area (Å²) in [6.07, 6.45) is 17.2. The van der Waals surface area contributed by atoms with E-state index in [1.807, 2.05) is 43.5 Å². The van der Waals surface area contributed by atoms with Crippen LogP contribution in [-0.2, 0) is 11.8 Å². The summed E-state index contributed by atoms with van der Waals surface area (Å²) in [7, 11) is 0. The molecule has 0 aliphatic heterocycles. The molecule has 0 N–H and O–H groups in total. The Kier molecular flexibility index (Phi) is 12.6. The van der Waals surface area contributed by atoms with E-state index >= 15 is 0 Å². The smallest absolute Gasteiger partial charge is 0.0885 e. The molecule has 0 fully saturated rings. The van der Waals surface area contributed by atoms with Crippen molar-refractivity contribution in [2.24, 2.45) is 4.99 Å². The van der Waals surface area contributed by atoms with E-state index in [9.17, 15) is 0 Å². The fourth-order valence-corrected chi connectivity index (χ4v) is 6.95. The Hall–Kier alpha value is -6.12. The fourth-order valence-electron chi connectivity index (χ4n) is 6.95. The molecule has 1 atom stereocenters. The zero-order valence-electron chi connectivity index (χ0n) is 30.7. The lowest BCUT2D eigenvalue weighted by molar-refractivity contribution is 0.735. The topological polar surface area (TPSA) is 25.2 Å². The number of hydrogen-bond donors (Lipinski definition) is 0. The number of aromatic nitrogens is 1. The quantitative estimate of drug-likeness (QED) is 0.0935. The van der Waals surface area contributed by atoms with Gasteiger partial charge in [-0.3, -0.25) is 9.98 Å². The van der Waals surface area contributed by atoms with Crippen LogP contribution in [0.4, 0.5) is 0 Å². The van der Waals surface area contributed by atoms with Crippen molar-refractivity contribution in [1.82, 2.24) is 4.98 Å². The maximum absolute atomic E-state index is 4.91. The molecule has 1 aliphatic carbocycles. The molecule has 0 spiro atoms. The Morgan fingerprint density at radius 3 is 2.10 bits per heavy atom. The molecule has 52 heavy (non-hydrogen) atoms. The van der Waals surface area contributed by atoms with Crippen LogP contribution in [0.2, 0.25) is 0 Å². The lowest BCUT2D eigenvalue weighted by Gasteiger charge is -2.32. The molecule has 1 heterocycles. The zero-order chi connectivity index (χ0) is 36.9. The van der Waals surface area contributed by atoms with Crippen molar-refractivity contribution in [3.05, 3.63) is 234 Å². The largest absolute Gasteiger partial charge is 0.264 e. The summed E-state index contributed by atoms with van der Waals surface area (Å²) in [6, 6.07) is 41.8. The maximum Gasteiger partial charge on any atom is 0.0885 e. The number of hydrogen-bond acceptors (Lipinski definition) is 2. The van der Waals surface area contributed by atoms with Gasteiger partial charge in [-0.25, -0.2) is 0 Å². The van der Waals surface area contributed by atoms with Crippen LogP contribution in [0.15, 0.2) is 211 Å². The van der Waals surface area contributed by atoms with E-state index in [1.54, 1.807) is 12.2 Å². The van der Waals surface area contributed by atoms with E-state index < -0.39 is 5.41 Å². The van der Waals surface area contributed by atoms with Gasteiger partial charge in [0.05, 0.1) is 16.8 Å². The lowest BCUT2D eigenvalue weighted by atomic mass is 9.70. The molecule has 0 radical (unpaired) electrons. The molecule has 0 saturated carbocycles. The van der Waals surface area contributed by atoms with Gasteiger partial charge in [-0.15, -0.1) is 0 Å². The fraction of sp³-hybridized carbons (Fsp3) is 0.120. The second kappa shape index (κ2) is 17.7. The van der Waals surface area contributed by atoms with Gasteiger partial charge in [-0.2, -0.15) is 0 Å². The van der Waals surface area contributed by atoms with Gasteiger partial charge in [0, 0.05) is 6.20 Å². The summed E-state index contributed by atoms with van der Waals surface area (Å²) in [5, 5.41) is 0. The van der Waals surface area contributed by atoms with E-state index in [0.717, 1.165) is 41.0 Å². The number of benzene rings is 4. The molecule has 1 aromatic heterocycles. The van der Waals surface area contributed by atoms with Gasteiger partial charge in [0.25, 0.3) is 0 Å². The Bertz CT molecular complexity index is 2120. The first-order chi connectivity index (χ1) is 25.5. The molecule has 0 amide bonds. The SMILES string of the molecule is C=C/C=C\C(=C/C)C(=C)/C=C(N=C)/C(C=C)=C/CC.CCc1ccc(-c2ccc3c(c2)-c2ccccc2C3(c2ccccc2)c2ccccn2)cc1. The Balaban J connectivity index is 0.000000238. The third kappa shape index (κ3) is 7.62. The zero-order valence-corrected chi connectivity index (χ0v) is 30.7. The number of pyridine rings is 1. The second-order valence-corrected chi connectivity index (χ2v) is 12.5. The number of aryl methyl sites for hydroxylation is 1. The van der Waals surface area contributed by atoms with Crippen LogP contribution < -0.4 is 0 Å². The molecule has 1 aliphatic rings. The number of rotatable bonds is 12. The minimum atomic E-state index is -0.432. The maximum atomic E-state index is 4.91. The third-order valence-electron chi connectivity index (χ3n) is 9.51. The molecule has 0 bridgehead atoms. The van der Waals surface area contributed by atoms with Crippen molar-refractivity contribution in [2.75, 3.05) is 0 Å². The number of allylic oxidation sites excluding steroid dienone is 9. The average Bonchev–Trinajstić information content (AvgIpc) is 3.51. The predicted molar refractivity (Wildman–Crippen MR) is 225 cm³/mol. The van der Waals surface area contributed by atoms with Gasteiger partial charge in [0.15, 0.2) is 0 Å². The van der Waals surface area contributed by atoms with Crippen LogP contribution in [0.25, 0.3) is 22.3 Å². The van der Waals surface area contributed by atoms with Crippen LogP contribution in [0.3, 0.4) is 0 Å². The van der Waals surface area contributed by atoms with Crippen molar-refractivity contribution < 1.29 is 0 Å². The standard InChI is InChI=1S/C32H25N.C18H23N/c1-2-23-15-17-24(18-16-23)25-19-20-30-28(22-25)27-12-6-7-13-29(27)32(30,26-10-4-3-5-11-26)31-14-8-9-21-33-31;1-7-11-13-16(9-3)15(5)14-18(19-6)17(10-4)12-8-2/h3-22H,2H2,1H3;7,9-14H,1,4-6,8H2,2-3H3/b;13-11-,16-9+,17-12+,18-14-. The average molecular weight is 677 g/mol. The summed E-state index contributed by atoms with van der Waals surface area (Å²) >= 11 is 0. The van der Waals surface area contributed by atoms with Gasteiger partial charge in [-0.05, 0) is 112 Å². The molecule has 6 rings (SSSR count). The summed E-state index contributed by atoms with van der Waals surface area (Å²) in [4.78, 5) is 8.96. The molecule has 0 saturated heterocycles. The summed E-state index contributed by atoms with van der Waals surface area (Å²) in [6.45, 7) is 21.4. The van der Waals surface area contributed by atoms with Crippen molar-refractivity contribution in [3.63, 3.8) is 0 Å². The van der Waals surface area contributed by atoms with Crippen molar-refractivity contribution >= 4 is 6.72 Å². The highest BCUT2D eigenvalue weighted by atomic mass is 14.7. The first-order valence-corrected chi connectivity index (χ1v) is 17.9. The second-order valence-electron chi connectivity index (χ2n) is 12.5. The Morgan fingerprint density at radius 2 is 1.46 bits per heavy atom. The molecular formula is C50H48N2. The van der Waals surface area contributed by atoms with Crippen LogP contribution in [-0.4, -0.2) is 11.7 Å². The normalized spacial score (nSPS) is 15.2. The van der Waals surface area contributed by atoms with Crippen molar-refractivity contribution in [2.45, 2.75) is 39.0 Å². The molecule has 1 unspecified atom stereocenters. The van der Waals surface area contributed by atoms with E-state index in [-0.39, 0.29) is 0 Å². The summed E-state index contributed by atoms with van der Waals surface area (Å²) < 4.78 is 0. The monoisotopic (exact) mass is 676 g/mol. The van der Waals surface area contributed by atoms with Crippen molar-refractivity contribution in [1.29, 1.82) is 0 Å². The van der Waals surface area contributed by atoms with Gasteiger partial charge >= 0.3 is 0 Å². The summed E-state index contributed by atoms with van der Waals surface area (Å²) in [5.74, 6) is 0. The van der Waals surface area contributed by atoms with Crippen molar-refractivity contribution in [3.8, 4) is 22.3 Å². The number of aliphatic imine (C=N–C) groups is 1. The van der Waals surface area contributed by atoms with E-state index in [2.05, 4.69) is 161 Å². The van der Waals surface area contributed by atoms with Gasteiger partial charge in [0.1, 0.15) is 0 Å². The highest BCUT2D eigenvalue weighted by molar-refractivity contribution is 5.88. The van der Waals surface area contributed by atoms with Gasteiger partial charge in [0.2, 0.25) is 0 Å². The van der Waals surface area contributed by atoms with E-state index in [4.69, 9.17) is 4.98 Å². The highest BCUT2D eigenvalue weighted by Crippen LogP contribution is 2.56. The first kappa shape index (κ1) is 37.1. The Labute approximate surface area is 311 Å². The number of fused-ring (bicyclic) bond motifs is 3. The van der Waals surface area contributed by atoms with Gasteiger partial charge in [-0.1, -0.05) is 167 Å². The van der Waals surface area contributed by atoms with E-state index in [0.29, 0.717) is 0 Å². The molecule has 4 aromatic carbocycles. The molecule has 2 nitrogen and oxygen atoms in total. The summed E-state index contributed by atoms with van der Waals surface area (Å²) in [5.41, 5.74) is 14.6. The molecular weight excluding hydrogens is 629 g/mol. The predicted octanol–water partition coefficient (Wildman–Crippen LogP) is 13.0. The molecule has 2 heteroatoms. The van der Waals surface area contributed by atoms with Gasteiger partial charge < -0.3 is 0 Å². The van der Waals surface area contributed by atoms with Crippen LogP contribution >= 0.6 is 0 Å². The first-order valence-electron chi connectivity index (χ1n) is 17.9. The minimum Gasteiger partial charge on any atom is -0.264 e. The molecule has 5 aromatic rings. The lowest BCUT2D eigenvalue weighted by Crippen LogP contribution is -2.29. The number of nitrogens with zero attached hydrogens (tertiary/aromatic N) is 2. The third-order valence-corrected chi connectivity index (χ3v) is 9.51. The van der Waals surface area contributed by atoms with Crippen LogP contribution in [0, 0.1) is 0 Å². The van der Waals surface area contributed by atoms with Crippen LogP contribution in [0.5, 0.6) is 0 Å². The Morgan fingerprint density at radius 1 is 0.769 bits per heavy atom.